The minimum Gasteiger partial charge on any atom is -0.450 e. The Bertz CT molecular complexity index is 144. The van der Waals surface area contributed by atoms with Crippen LogP contribution in [-0.2, 0) is 4.74 Å². The fourth-order valence-corrected chi connectivity index (χ4v) is 0.681. The minimum atomic E-state index is -1.24. The first kappa shape index (κ1) is 9.97. The molecule has 3 nitrogen and oxygen atoms in total. The molecule has 0 radical (unpaired) electrons. The van der Waals surface area contributed by atoms with Gasteiger partial charge in [0, 0.05) is 10.9 Å². The average Bonchev–Trinajstić information content (AvgIpc) is 1.87. The van der Waals surface area contributed by atoms with Crippen molar-refractivity contribution in [1.82, 2.24) is 0 Å². The van der Waals surface area contributed by atoms with E-state index in [0.29, 0.717) is 6.42 Å². The van der Waals surface area contributed by atoms with Crippen molar-refractivity contribution in [3.63, 3.8) is 0 Å². The van der Waals surface area contributed by atoms with Crippen molar-refractivity contribution in [1.29, 1.82) is 0 Å². The van der Waals surface area contributed by atoms with Gasteiger partial charge in [-0.15, -0.1) is 0 Å². The molecule has 0 heterocycles. The van der Waals surface area contributed by atoms with E-state index in [1.165, 1.54) is 0 Å². The topological polar surface area (TPSA) is 46.5 Å². The number of ether oxygens (including phenoxy) is 1. The lowest BCUT2D eigenvalue weighted by molar-refractivity contribution is 0.0931. The van der Waals surface area contributed by atoms with Crippen molar-refractivity contribution in [3.8, 4) is 0 Å². The van der Waals surface area contributed by atoms with Crippen LogP contribution >= 0.6 is 31.9 Å². The van der Waals surface area contributed by atoms with Crippen LogP contribution in [0.4, 0.5) is 4.79 Å². The number of hydrogen-bond acceptors (Lipinski definition) is 2. The highest BCUT2D eigenvalue weighted by atomic mass is 79.9. The normalized spacial score (nSPS) is 11.2. The highest BCUT2D eigenvalue weighted by molar-refractivity contribution is 9.14. The molecule has 0 rings (SSSR count). The highest BCUT2D eigenvalue weighted by Gasteiger charge is 1.96. The van der Waals surface area contributed by atoms with Crippen molar-refractivity contribution < 1.29 is 14.6 Å². The Morgan fingerprint density at radius 2 is 2.30 bits per heavy atom. The fourth-order valence-electron chi connectivity index (χ4n) is 0.290. The van der Waals surface area contributed by atoms with E-state index in [9.17, 15) is 4.79 Å². The average molecular weight is 274 g/mol. The second-order valence-electron chi connectivity index (χ2n) is 1.42. The minimum absolute atomic E-state index is 0.179. The first-order valence-corrected chi connectivity index (χ1v) is 4.18. The van der Waals surface area contributed by atoms with Gasteiger partial charge in [-0.05, 0) is 4.99 Å². The number of carbonyl (C=O) groups is 1. The summed E-state index contributed by atoms with van der Waals surface area (Å²) >= 11 is 6.24. The van der Waals surface area contributed by atoms with Gasteiger partial charge in [-0.2, -0.15) is 0 Å². The molecule has 0 unspecified atom stereocenters. The summed E-state index contributed by atoms with van der Waals surface area (Å²) in [7, 11) is 0. The van der Waals surface area contributed by atoms with Crippen LogP contribution in [0, 0.1) is 0 Å². The molecule has 58 valence electrons. The zero-order valence-electron chi connectivity index (χ0n) is 5.01. The largest absolute Gasteiger partial charge is 0.505 e. The molecule has 0 bridgehead atoms. The van der Waals surface area contributed by atoms with E-state index in [0.717, 1.165) is 4.48 Å². The first-order chi connectivity index (χ1) is 4.66. The van der Waals surface area contributed by atoms with Crippen LogP contribution in [0.3, 0.4) is 0 Å². The third kappa shape index (κ3) is 6.10. The van der Waals surface area contributed by atoms with Crippen LogP contribution in [-0.4, -0.2) is 17.9 Å². The fraction of sp³-hybridized carbons (Fsp3) is 0.400. The van der Waals surface area contributed by atoms with E-state index in [1.807, 2.05) is 0 Å². The molecule has 1 N–H and O–H groups in total. The van der Waals surface area contributed by atoms with E-state index < -0.39 is 6.16 Å². The Labute approximate surface area is 75.3 Å². The summed E-state index contributed by atoms with van der Waals surface area (Å²) in [5, 5.41) is 8.03. The van der Waals surface area contributed by atoms with Crippen molar-refractivity contribution in [2.45, 2.75) is 6.42 Å². The molecule has 0 atom stereocenters. The molecular weight excluding hydrogens is 268 g/mol. The van der Waals surface area contributed by atoms with Crippen molar-refractivity contribution in [3.05, 3.63) is 9.47 Å². The molecule has 0 aromatic heterocycles. The molecule has 0 fully saturated rings. The molecule has 0 spiro atoms. The molecule has 0 aliphatic rings. The summed E-state index contributed by atoms with van der Waals surface area (Å²) in [5.41, 5.74) is 0. The van der Waals surface area contributed by atoms with Gasteiger partial charge in [-0.1, -0.05) is 31.9 Å². The third-order valence-corrected chi connectivity index (χ3v) is 2.48. The van der Waals surface area contributed by atoms with Crippen molar-refractivity contribution in [2.24, 2.45) is 0 Å². The van der Waals surface area contributed by atoms with Gasteiger partial charge in [-0.25, -0.2) is 4.79 Å². The zero-order valence-corrected chi connectivity index (χ0v) is 8.18. The molecule has 10 heavy (non-hydrogen) atoms. The molecule has 0 aromatic carbocycles. The van der Waals surface area contributed by atoms with Gasteiger partial charge < -0.3 is 9.84 Å². The summed E-state index contributed by atoms with van der Waals surface area (Å²) in [4.78, 5) is 11.5. The van der Waals surface area contributed by atoms with Crippen LogP contribution < -0.4 is 0 Å². The second-order valence-corrected chi connectivity index (χ2v) is 2.90. The zero-order chi connectivity index (χ0) is 7.98. The van der Waals surface area contributed by atoms with E-state index >= 15 is 0 Å². The van der Waals surface area contributed by atoms with Crippen LogP contribution in [0.15, 0.2) is 9.47 Å². The van der Waals surface area contributed by atoms with Gasteiger partial charge in [0.25, 0.3) is 0 Å². The molecule has 0 aromatic rings. The molecule has 0 saturated heterocycles. The highest BCUT2D eigenvalue weighted by Crippen LogP contribution is 2.11. The van der Waals surface area contributed by atoms with Gasteiger partial charge in [0.05, 0.1) is 6.61 Å². The van der Waals surface area contributed by atoms with Crippen LogP contribution in [0.25, 0.3) is 0 Å². The number of halogens is 2. The standard InChI is InChI=1S/C5H6Br2O3/c6-3-4(7)1-2-10-5(8)9/h3H,1-2H2,(H,8,9). The quantitative estimate of drug-likeness (QED) is 0.805. The second kappa shape index (κ2) is 5.73. The Morgan fingerprint density at radius 3 is 2.70 bits per heavy atom. The predicted molar refractivity (Wildman–Crippen MR) is 44.5 cm³/mol. The van der Waals surface area contributed by atoms with E-state index in [1.54, 1.807) is 4.99 Å². The molecule has 5 heteroatoms. The van der Waals surface area contributed by atoms with Gasteiger partial charge in [-0.3, -0.25) is 0 Å². The molecule has 0 aliphatic carbocycles. The van der Waals surface area contributed by atoms with E-state index in [4.69, 9.17) is 5.11 Å². The molecular formula is C5H6Br2O3. The lowest BCUT2D eigenvalue weighted by Gasteiger charge is -1.97. The monoisotopic (exact) mass is 272 g/mol. The first-order valence-electron chi connectivity index (χ1n) is 2.47. The Morgan fingerprint density at radius 1 is 1.70 bits per heavy atom. The summed E-state index contributed by atoms with van der Waals surface area (Å²) in [5.74, 6) is 0. The van der Waals surface area contributed by atoms with Gasteiger partial charge >= 0.3 is 6.16 Å². The third-order valence-electron chi connectivity index (χ3n) is 0.685. The Kier molecular flexibility index (Phi) is 5.71. The van der Waals surface area contributed by atoms with Crippen LogP contribution in [0.2, 0.25) is 0 Å². The lowest BCUT2D eigenvalue weighted by atomic mass is 10.5. The maximum Gasteiger partial charge on any atom is 0.505 e. The smallest absolute Gasteiger partial charge is 0.450 e. The van der Waals surface area contributed by atoms with Crippen LogP contribution in [0.5, 0.6) is 0 Å². The summed E-state index contributed by atoms with van der Waals surface area (Å²) in [6.45, 7) is 0.179. The van der Waals surface area contributed by atoms with Gasteiger partial charge in [0.2, 0.25) is 0 Å². The Hall–Kier alpha value is -0.0300. The van der Waals surface area contributed by atoms with Crippen molar-refractivity contribution in [2.75, 3.05) is 6.61 Å². The SMILES string of the molecule is O=C(O)OCCC(Br)=CBr. The number of carboxylic acid groups (broad SMARTS) is 1. The lowest BCUT2D eigenvalue weighted by Crippen LogP contribution is -2.01. The van der Waals surface area contributed by atoms with Gasteiger partial charge in [0.15, 0.2) is 0 Å². The molecule has 0 amide bonds. The van der Waals surface area contributed by atoms with Crippen LogP contribution in [0.1, 0.15) is 6.42 Å². The Balaban J connectivity index is 3.29. The number of hydrogen-bond donors (Lipinski definition) is 1. The maximum absolute atomic E-state index is 9.80. The predicted octanol–water partition coefficient (Wildman–Crippen LogP) is 2.70. The van der Waals surface area contributed by atoms with E-state index in [2.05, 4.69) is 36.6 Å². The molecule has 0 aliphatic heterocycles. The summed E-state index contributed by atoms with van der Waals surface area (Å²) in [6.07, 6.45) is -0.688. The van der Waals surface area contributed by atoms with Gasteiger partial charge in [0.1, 0.15) is 0 Å². The van der Waals surface area contributed by atoms with E-state index in [-0.39, 0.29) is 6.61 Å². The summed E-state index contributed by atoms with van der Waals surface area (Å²) < 4.78 is 5.11. The maximum atomic E-state index is 9.80. The van der Waals surface area contributed by atoms with Crippen molar-refractivity contribution >= 4 is 38.0 Å². The molecule has 0 saturated carbocycles. The number of rotatable bonds is 3. The summed E-state index contributed by atoms with van der Waals surface area (Å²) in [6, 6.07) is 0.